The van der Waals surface area contributed by atoms with Gasteiger partial charge in [-0.05, 0) is 32.5 Å². The number of nitrogens with zero attached hydrogens (tertiary/aromatic N) is 2. The normalized spacial score (nSPS) is 16.9. The first-order valence-electron chi connectivity index (χ1n) is 5.29. The molecule has 1 saturated heterocycles. The van der Waals surface area contributed by atoms with Gasteiger partial charge in [0.15, 0.2) is 0 Å². The zero-order valence-corrected chi connectivity index (χ0v) is 8.66. The number of aryl methyl sites for hydroxylation is 1. The van der Waals surface area contributed by atoms with Crippen LogP contribution in [0.3, 0.4) is 0 Å². The van der Waals surface area contributed by atoms with Gasteiger partial charge in [-0.1, -0.05) is 0 Å². The minimum Gasteiger partial charge on any atom is -0.320 e. The molecule has 0 spiro atoms. The molecule has 4 nitrogen and oxygen atoms in total. The molecule has 0 aliphatic carbocycles. The predicted molar refractivity (Wildman–Crippen MR) is 56.4 cm³/mol. The minimum absolute atomic E-state index is 0.592. The third-order valence-electron chi connectivity index (χ3n) is 2.72. The average Bonchev–Trinajstić information content (AvgIpc) is 2.51. The van der Waals surface area contributed by atoms with E-state index in [0.717, 1.165) is 26.1 Å². The van der Waals surface area contributed by atoms with Crippen molar-refractivity contribution in [2.75, 3.05) is 26.7 Å². The lowest BCUT2D eigenvalue weighted by Gasteiger charge is -2.28. The number of rotatable bonds is 5. The SMILES string of the molecule is CNCCCc1ccnn1C1CNC1. The van der Waals surface area contributed by atoms with Gasteiger partial charge in [-0.3, -0.25) is 4.68 Å². The zero-order chi connectivity index (χ0) is 9.80. The highest BCUT2D eigenvalue weighted by molar-refractivity contribution is 5.04. The van der Waals surface area contributed by atoms with Crippen LogP contribution in [0, 0.1) is 0 Å². The van der Waals surface area contributed by atoms with E-state index in [1.807, 2.05) is 13.2 Å². The minimum atomic E-state index is 0.592. The second kappa shape index (κ2) is 4.57. The Labute approximate surface area is 84.7 Å². The van der Waals surface area contributed by atoms with Gasteiger partial charge in [0, 0.05) is 25.0 Å². The highest BCUT2D eigenvalue weighted by atomic mass is 15.3. The molecule has 2 rings (SSSR count). The first-order chi connectivity index (χ1) is 6.92. The Balaban J connectivity index is 1.91. The van der Waals surface area contributed by atoms with E-state index in [0.29, 0.717) is 6.04 Å². The van der Waals surface area contributed by atoms with Crippen LogP contribution in [0.5, 0.6) is 0 Å². The highest BCUT2D eigenvalue weighted by Crippen LogP contribution is 2.14. The molecule has 4 heteroatoms. The quantitative estimate of drug-likeness (QED) is 0.657. The highest BCUT2D eigenvalue weighted by Gasteiger charge is 2.20. The molecular weight excluding hydrogens is 176 g/mol. The van der Waals surface area contributed by atoms with E-state index in [4.69, 9.17) is 0 Å². The first kappa shape index (κ1) is 9.68. The third kappa shape index (κ3) is 1.96. The summed E-state index contributed by atoms with van der Waals surface area (Å²) < 4.78 is 2.17. The lowest BCUT2D eigenvalue weighted by Crippen LogP contribution is -2.44. The standard InChI is InChI=1S/C10H18N4/c1-11-5-2-3-9-4-6-13-14(9)10-7-12-8-10/h4,6,10-12H,2-3,5,7-8H2,1H3. The smallest absolute Gasteiger partial charge is 0.0770 e. The van der Waals surface area contributed by atoms with Crippen LogP contribution in [0.15, 0.2) is 12.3 Å². The molecule has 1 fully saturated rings. The van der Waals surface area contributed by atoms with E-state index in [1.54, 1.807) is 0 Å². The van der Waals surface area contributed by atoms with E-state index < -0.39 is 0 Å². The topological polar surface area (TPSA) is 41.9 Å². The van der Waals surface area contributed by atoms with Crippen LogP contribution in [-0.2, 0) is 6.42 Å². The van der Waals surface area contributed by atoms with Crippen molar-refractivity contribution in [1.82, 2.24) is 20.4 Å². The Kier molecular flexibility index (Phi) is 3.16. The Bertz CT molecular complexity index is 277. The molecule has 0 aromatic carbocycles. The van der Waals surface area contributed by atoms with Crippen molar-refractivity contribution in [3.8, 4) is 0 Å². The van der Waals surface area contributed by atoms with Crippen LogP contribution in [0.2, 0.25) is 0 Å². The molecule has 14 heavy (non-hydrogen) atoms. The van der Waals surface area contributed by atoms with Crippen molar-refractivity contribution in [3.05, 3.63) is 18.0 Å². The Morgan fingerprint density at radius 1 is 1.64 bits per heavy atom. The molecule has 0 radical (unpaired) electrons. The summed E-state index contributed by atoms with van der Waals surface area (Å²) in [5, 5.41) is 10.8. The first-order valence-corrected chi connectivity index (χ1v) is 5.29. The summed E-state index contributed by atoms with van der Waals surface area (Å²) in [5.41, 5.74) is 1.37. The van der Waals surface area contributed by atoms with Crippen molar-refractivity contribution >= 4 is 0 Å². The second-order valence-electron chi connectivity index (χ2n) is 3.79. The van der Waals surface area contributed by atoms with Gasteiger partial charge >= 0.3 is 0 Å². The maximum Gasteiger partial charge on any atom is 0.0770 e. The molecule has 2 heterocycles. The predicted octanol–water partition coefficient (Wildman–Crippen LogP) is 0.179. The Hall–Kier alpha value is -0.870. The lowest BCUT2D eigenvalue weighted by atomic mass is 10.1. The average molecular weight is 194 g/mol. The van der Waals surface area contributed by atoms with Gasteiger partial charge in [0.05, 0.1) is 6.04 Å². The van der Waals surface area contributed by atoms with Gasteiger partial charge in [0.2, 0.25) is 0 Å². The van der Waals surface area contributed by atoms with E-state index in [-0.39, 0.29) is 0 Å². The number of hydrogen-bond donors (Lipinski definition) is 2. The lowest BCUT2D eigenvalue weighted by molar-refractivity contribution is 0.310. The fourth-order valence-electron chi connectivity index (χ4n) is 1.76. The summed E-state index contributed by atoms with van der Waals surface area (Å²) in [6, 6.07) is 2.73. The van der Waals surface area contributed by atoms with Crippen molar-refractivity contribution in [3.63, 3.8) is 0 Å². The number of hydrogen-bond acceptors (Lipinski definition) is 3. The molecular formula is C10H18N4. The Morgan fingerprint density at radius 3 is 3.14 bits per heavy atom. The molecule has 0 atom stereocenters. The molecule has 0 bridgehead atoms. The molecule has 0 unspecified atom stereocenters. The van der Waals surface area contributed by atoms with Crippen LogP contribution >= 0.6 is 0 Å². The van der Waals surface area contributed by atoms with Crippen LogP contribution in [0.25, 0.3) is 0 Å². The summed E-state index contributed by atoms with van der Waals surface area (Å²) in [6.45, 7) is 3.22. The van der Waals surface area contributed by atoms with Crippen molar-refractivity contribution in [2.45, 2.75) is 18.9 Å². The number of aromatic nitrogens is 2. The van der Waals surface area contributed by atoms with Crippen LogP contribution in [0.1, 0.15) is 18.2 Å². The summed E-state index contributed by atoms with van der Waals surface area (Å²) in [7, 11) is 1.99. The summed E-state index contributed by atoms with van der Waals surface area (Å²) in [4.78, 5) is 0. The number of nitrogens with one attached hydrogen (secondary N) is 2. The molecule has 0 saturated carbocycles. The van der Waals surface area contributed by atoms with E-state index >= 15 is 0 Å². The van der Waals surface area contributed by atoms with Gasteiger partial charge in [-0.25, -0.2) is 0 Å². The van der Waals surface area contributed by atoms with E-state index in [9.17, 15) is 0 Å². The summed E-state index contributed by atoms with van der Waals surface area (Å²) in [6.07, 6.45) is 4.21. The van der Waals surface area contributed by atoms with Gasteiger partial charge < -0.3 is 10.6 Å². The van der Waals surface area contributed by atoms with Crippen LogP contribution < -0.4 is 10.6 Å². The monoisotopic (exact) mass is 194 g/mol. The molecule has 1 aromatic rings. The molecule has 0 amide bonds. The summed E-state index contributed by atoms with van der Waals surface area (Å²) in [5.74, 6) is 0. The molecule has 1 aliphatic rings. The summed E-state index contributed by atoms with van der Waals surface area (Å²) >= 11 is 0. The van der Waals surface area contributed by atoms with Gasteiger partial charge in [-0.2, -0.15) is 5.10 Å². The molecule has 78 valence electrons. The van der Waals surface area contributed by atoms with E-state index in [1.165, 1.54) is 12.1 Å². The zero-order valence-electron chi connectivity index (χ0n) is 8.66. The van der Waals surface area contributed by atoms with Crippen molar-refractivity contribution in [2.24, 2.45) is 0 Å². The third-order valence-corrected chi connectivity index (χ3v) is 2.72. The van der Waals surface area contributed by atoms with Crippen molar-refractivity contribution in [1.29, 1.82) is 0 Å². The fourth-order valence-corrected chi connectivity index (χ4v) is 1.76. The molecule has 2 N–H and O–H groups in total. The van der Waals surface area contributed by atoms with Crippen LogP contribution in [-0.4, -0.2) is 36.5 Å². The van der Waals surface area contributed by atoms with E-state index in [2.05, 4.69) is 26.5 Å². The largest absolute Gasteiger partial charge is 0.320 e. The van der Waals surface area contributed by atoms with Gasteiger partial charge in [-0.15, -0.1) is 0 Å². The van der Waals surface area contributed by atoms with Crippen molar-refractivity contribution < 1.29 is 0 Å². The van der Waals surface area contributed by atoms with Gasteiger partial charge in [0.1, 0.15) is 0 Å². The second-order valence-corrected chi connectivity index (χ2v) is 3.79. The van der Waals surface area contributed by atoms with Crippen LogP contribution in [0.4, 0.5) is 0 Å². The maximum absolute atomic E-state index is 4.37. The fraction of sp³-hybridized carbons (Fsp3) is 0.700. The molecule has 1 aromatic heterocycles. The van der Waals surface area contributed by atoms with Gasteiger partial charge in [0.25, 0.3) is 0 Å². The maximum atomic E-state index is 4.37. The molecule has 1 aliphatic heterocycles. The Morgan fingerprint density at radius 2 is 2.50 bits per heavy atom.